The van der Waals surface area contributed by atoms with Gasteiger partial charge in [0.25, 0.3) is 5.91 Å². The number of hydrogen-bond acceptors (Lipinski definition) is 4. The molecule has 1 aliphatic heterocycles. The van der Waals surface area contributed by atoms with Crippen LogP contribution in [0.25, 0.3) is 0 Å². The standard InChI is InChI=1S/C23H29NO4S/c1-3-18-5-7-20(8-6-18)15-24(21-13-14-29(26,27)17-21)23(25)16-28-22-11-9-19(4-2)10-12-22/h5-12,21H,3-4,13-17H2,1-2H3. The normalized spacial score (nSPS) is 17.8. The van der Waals surface area contributed by atoms with E-state index in [1.54, 1.807) is 4.90 Å². The van der Waals surface area contributed by atoms with Crippen LogP contribution in [0.5, 0.6) is 5.75 Å². The molecule has 1 aliphatic rings. The van der Waals surface area contributed by atoms with Crippen molar-refractivity contribution in [3.05, 3.63) is 65.2 Å². The van der Waals surface area contributed by atoms with E-state index in [1.165, 1.54) is 11.1 Å². The van der Waals surface area contributed by atoms with E-state index in [2.05, 4.69) is 26.0 Å². The second-order valence-corrected chi connectivity index (χ2v) is 9.76. The fraction of sp³-hybridized carbons (Fsp3) is 0.435. The van der Waals surface area contributed by atoms with Crippen LogP contribution in [0.4, 0.5) is 0 Å². The lowest BCUT2D eigenvalue weighted by Gasteiger charge is -2.28. The van der Waals surface area contributed by atoms with Gasteiger partial charge in [-0.2, -0.15) is 0 Å². The van der Waals surface area contributed by atoms with Gasteiger partial charge >= 0.3 is 0 Å². The summed E-state index contributed by atoms with van der Waals surface area (Å²) in [6, 6.07) is 15.5. The van der Waals surface area contributed by atoms with Crippen molar-refractivity contribution in [3.63, 3.8) is 0 Å². The number of hydrogen-bond donors (Lipinski definition) is 0. The van der Waals surface area contributed by atoms with Crippen molar-refractivity contribution in [2.45, 2.75) is 45.7 Å². The summed E-state index contributed by atoms with van der Waals surface area (Å²) < 4.78 is 29.6. The highest BCUT2D eigenvalue weighted by Crippen LogP contribution is 2.21. The number of benzene rings is 2. The van der Waals surface area contributed by atoms with Crippen LogP contribution in [0.15, 0.2) is 48.5 Å². The molecule has 0 bridgehead atoms. The van der Waals surface area contributed by atoms with E-state index in [0.717, 1.165) is 18.4 Å². The Hall–Kier alpha value is -2.34. The minimum Gasteiger partial charge on any atom is -0.484 e. The Labute approximate surface area is 173 Å². The number of carbonyl (C=O) groups excluding carboxylic acids is 1. The molecule has 0 aromatic heterocycles. The fourth-order valence-corrected chi connectivity index (χ4v) is 5.30. The number of ether oxygens (including phenoxy) is 1. The summed E-state index contributed by atoms with van der Waals surface area (Å²) in [7, 11) is -3.09. The van der Waals surface area contributed by atoms with Gasteiger partial charge in [-0.05, 0) is 48.1 Å². The van der Waals surface area contributed by atoms with E-state index in [1.807, 2.05) is 36.4 Å². The van der Waals surface area contributed by atoms with Gasteiger partial charge in [0.1, 0.15) is 5.75 Å². The molecule has 0 aliphatic carbocycles. The molecule has 1 saturated heterocycles. The SMILES string of the molecule is CCc1ccc(CN(C(=O)COc2ccc(CC)cc2)C2CCS(=O)(=O)C2)cc1. The summed E-state index contributed by atoms with van der Waals surface area (Å²) in [6.45, 7) is 4.47. The average Bonchev–Trinajstić information content (AvgIpc) is 3.10. The lowest BCUT2D eigenvalue weighted by atomic mass is 10.1. The molecule has 0 spiro atoms. The summed E-state index contributed by atoms with van der Waals surface area (Å²) in [5.74, 6) is 0.611. The molecular formula is C23H29NO4S. The van der Waals surface area contributed by atoms with E-state index in [9.17, 15) is 13.2 Å². The molecule has 1 unspecified atom stereocenters. The van der Waals surface area contributed by atoms with Gasteiger partial charge in [-0.25, -0.2) is 8.42 Å². The molecule has 0 saturated carbocycles. The first-order valence-corrected chi connectivity index (χ1v) is 12.0. The topological polar surface area (TPSA) is 63.7 Å². The van der Waals surface area contributed by atoms with Crippen LogP contribution in [0, 0.1) is 0 Å². The highest BCUT2D eigenvalue weighted by molar-refractivity contribution is 7.91. The molecule has 0 radical (unpaired) electrons. The van der Waals surface area contributed by atoms with E-state index in [0.29, 0.717) is 18.7 Å². The largest absolute Gasteiger partial charge is 0.484 e. The van der Waals surface area contributed by atoms with Gasteiger partial charge in [-0.1, -0.05) is 50.2 Å². The van der Waals surface area contributed by atoms with E-state index >= 15 is 0 Å². The quantitative estimate of drug-likeness (QED) is 0.663. The maximum atomic E-state index is 13.0. The number of carbonyl (C=O) groups is 1. The van der Waals surface area contributed by atoms with Gasteiger partial charge in [-0.3, -0.25) is 4.79 Å². The summed E-state index contributed by atoms with van der Waals surface area (Å²) in [4.78, 5) is 14.6. The highest BCUT2D eigenvalue weighted by atomic mass is 32.2. The van der Waals surface area contributed by atoms with Gasteiger partial charge in [0, 0.05) is 12.6 Å². The van der Waals surface area contributed by atoms with Crippen molar-refractivity contribution in [2.75, 3.05) is 18.1 Å². The predicted molar refractivity (Wildman–Crippen MR) is 115 cm³/mol. The van der Waals surface area contributed by atoms with Crippen molar-refractivity contribution in [1.29, 1.82) is 0 Å². The Morgan fingerprint density at radius 1 is 0.966 bits per heavy atom. The average molecular weight is 416 g/mol. The van der Waals surface area contributed by atoms with Crippen molar-refractivity contribution in [2.24, 2.45) is 0 Å². The molecule has 1 fully saturated rings. The van der Waals surface area contributed by atoms with Crippen LogP contribution in [0.3, 0.4) is 0 Å². The van der Waals surface area contributed by atoms with Gasteiger partial charge in [0.05, 0.1) is 11.5 Å². The smallest absolute Gasteiger partial charge is 0.261 e. The van der Waals surface area contributed by atoms with E-state index < -0.39 is 9.84 Å². The van der Waals surface area contributed by atoms with Crippen molar-refractivity contribution in [1.82, 2.24) is 4.90 Å². The van der Waals surface area contributed by atoms with Gasteiger partial charge in [-0.15, -0.1) is 0 Å². The predicted octanol–water partition coefficient (Wildman–Crippen LogP) is 3.41. The monoisotopic (exact) mass is 415 g/mol. The fourth-order valence-electron chi connectivity index (χ4n) is 3.57. The summed E-state index contributed by atoms with van der Waals surface area (Å²) in [5.41, 5.74) is 3.43. The molecule has 6 heteroatoms. The molecule has 0 N–H and O–H groups in total. The molecule has 2 aromatic carbocycles. The van der Waals surface area contributed by atoms with Crippen LogP contribution in [0.2, 0.25) is 0 Å². The molecular weight excluding hydrogens is 386 g/mol. The first-order valence-electron chi connectivity index (χ1n) is 10.2. The Balaban J connectivity index is 1.71. The zero-order valence-corrected chi connectivity index (χ0v) is 18.0. The molecule has 1 atom stereocenters. The maximum Gasteiger partial charge on any atom is 0.261 e. The Bertz CT molecular complexity index is 920. The minimum absolute atomic E-state index is 0.0248. The summed E-state index contributed by atoms with van der Waals surface area (Å²) >= 11 is 0. The van der Waals surface area contributed by atoms with E-state index in [-0.39, 0.29) is 30.1 Å². The third-order valence-corrected chi connectivity index (χ3v) is 7.20. The van der Waals surface area contributed by atoms with Crippen molar-refractivity contribution < 1.29 is 17.9 Å². The highest BCUT2D eigenvalue weighted by Gasteiger charge is 2.34. The second-order valence-electron chi connectivity index (χ2n) is 7.53. The van der Waals surface area contributed by atoms with Crippen molar-refractivity contribution in [3.8, 4) is 5.75 Å². The zero-order chi connectivity index (χ0) is 20.9. The van der Waals surface area contributed by atoms with Crippen LogP contribution in [0.1, 0.15) is 37.0 Å². The van der Waals surface area contributed by atoms with Crippen LogP contribution < -0.4 is 4.74 Å². The van der Waals surface area contributed by atoms with Crippen LogP contribution in [-0.4, -0.2) is 43.4 Å². The Kier molecular flexibility index (Phi) is 6.96. The molecule has 2 aromatic rings. The molecule has 5 nitrogen and oxygen atoms in total. The minimum atomic E-state index is -3.09. The van der Waals surface area contributed by atoms with Gasteiger partial charge < -0.3 is 9.64 Å². The first-order chi connectivity index (χ1) is 13.9. The zero-order valence-electron chi connectivity index (χ0n) is 17.1. The first kappa shape index (κ1) is 21.4. The molecule has 1 amide bonds. The number of sulfone groups is 1. The molecule has 156 valence electrons. The second kappa shape index (κ2) is 9.44. The van der Waals surface area contributed by atoms with Gasteiger partial charge in [0.15, 0.2) is 16.4 Å². The number of rotatable bonds is 8. The number of amides is 1. The number of nitrogens with zero attached hydrogens (tertiary/aromatic N) is 1. The summed E-state index contributed by atoms with van der Waals surface area (Å²) in [5, 5.41) is 0. The molecule has 1 heterocycles. The maximum absolute atomic E-state index is 13.0. The van der Waals surface area contributed by atoms with Crippen LogP contribution >= 0.6 is 0 Å². The van der Waals surface area contributed by atoms with Gasteiger partial charge in [0.2, 0.25) is 0 Å². The Morgan fingerprint density at radius 2 is 1.52 bits per heavy atom. The van der Waals surface area contributed by atoms with E-state index in [4.69, 9.17) is 4.74 Å². The third-order valence-electron chi connectivity index (χ3n) is 5.45. The van der Waals surface area contributed by atoms with Crippen LogP contribution in [-0.2, 0) is 34.0 Å². The lowest BCUT2D eigenvalue weighted by molar-refractivity contribution is -0.136. The van der Waals surface area contributed by atoms with Crippen molar-refractivity contribution >= 4 is 15.7 Å². The molecule has 3 rings (SSSR count). The Morgan fingerprint density at radius 3 is 2.03 bits per heavy atom. The number of aryl methyl sites for hydroxylation is 2. The third kappa shape index (κ3) is 5.82. The summed E-state index contributed by atoms with van der Waals surface area (Å²) in [6.07, 6.45) is 2.38. The lowest BCUT2D eigenvalue weighted by Crippen LogP contribution is -2.43. The molecule has 29 heavy (non-hydrogen) atoms.